The van der Waals surface area contributed by atoms with Crippen LogP contribution in [-0.4, -0.2) is 15.6 Å². The minimum Gasteiger partial charge on any atom is -0.445 e. The van der Waals surface area contributed by atoms with Crippen molar-refractivity contribution in [2.24, 2.45) is 5.73 Å². The molecule has 1 aromatic carbocycles. The molecule has 2 aromatic heterocycles. The van der Waals surface area contributed by atoms with E-state index in [0.29, 0.717) is 16.6 Å². The fourth-order valence-electron chi connectivity index (χ4n) is 3.15. The summed E-state index contributed by atoms with van der Waals surface area (Å²) < 4.78 is 7.29. The van der Waals surface area contributed by atoms with Crippen LogP contribution in [0.4, 0.5) is 4.79 Å². The number of nitrogens with zero attached hydrogens (tertiary/aromatic N) is 2. The summed E-state index contributed by atoms with van der Waals surface area (Å²) in [7, 11) is 0. The lowest BCUT2D eigenvalue weighted by atomic mass is 10.1. The topological polar surface area (TPSA) is 70.1 Å². The molecule has 1 amide bonds. The first-order valence-corrected chi connectivity index (χ1v) is 11.2. The minimum atomic E-state index is -0.783. The van der Waals surface area contributed by atoms with Crippen molar-refractivity contribution in [2.45, 2.75) is 49.3 Å². The van der Waals surface area contributed by atoms with E-state index in [0.717, 1.165) is 45.9 Å². The Bertz CT molecular complexity index is 989. The average molecular weight is 464 g/mol. The molecular weight excluding hydrogens is 441 g/mol. The van der Waals surface area contributed by atoms with Crippen molar-refractivity contribution in [3.05, 3.63) is 75.7 Å². The number of ether oxygens (including phenoxy) is 1. The first kappa shape index (κ1) is 22.5. The second-order valence-electron chi connectivity index (χ2n) is 6.84. The summed E-state index contributed by atoms with van der Waals surface area (Å²) in [5.41, 5.74) is 8.42. The summed E-state index contributed by atoms with van der Waals surface area (Å²) in [5.74, 6) is 0. The molecule has 0 aliphatic carbocycles. The van der Waals surface area contributed by atoms with E-state index in [9.17, 15) is 4.79 Å². The second-order valence-corrected chi connectivity index (χ2v) is 8.77. The predicted octanol–water partition coefficient (Wildman–Crippen LogP) is 6.33. The van der Waals surface area contributed by atoms with E-state index in [1.54, 1.807) is 30.2 Å². The molecule has 3 aromatic rings. The van der Waals surface area contributed by atoms with Crippen molar-refractivity contribution in [3.8, 4) is 0 Å². The number of hydrogen-bond acceptors (Lipinski definition) is 4. The fraction of sp³-hybridized carbons (Fsp3) is 0.273. The summed E-state index contributed by atoms with van der Waals surface area (Å²) in [6.45, 7) is 2.95. The van der Waals surface area contributed by atoms with Crippen LogP contribution in [0.15, 0.2) is 58.8 Å². The van der Waals surface area contributed by atoms with Gasteiger partial charge in [0.2, 0.25) is 0 Å². The second kappa shape index (κ2) is 10.8. The molecule has 8 heteroatoms. The van der Waals surface area contributed by atoms with E-state index in [1.165, 1.54) is 0 Å². The quantitative estimate of drug-likeness (QED) is 0.402. The lowest BCUT2D eigenvalue weighted by molar-refractivity contribution is 0.150. The summed E-state index contributed by atoms with van der Waals surface area (Å²) in [6, 6.07) is 9.47. The molecule has 2 heterocycles. The van der Waals surface area contributed by atoms with E-state index >= 15 is 0 Å². The van der Waals surface area contributed by atoms with Gasteiger partial charge in [-0.25, -0.2) is 4.79 Å². The summed E-state index contributed by atoms with van der Waals surface area (Å²) in [6.07, 6.45) is 7.74. The third-order valence-electron chi connectivity index (χ3n) is 4.52. The first-order valence-electron chi connectivity index (χ1n) is 9.62. The molecule has 3 rings (SSSR count). The Labute approximate surface area is 190 Å². The van der Waals surface area contributed by atoms with E-state index in [2.05, 4.69) is 16.5 Å². The Morgan fingerprint density at radius 1 is 1.20 bits per heavy atom. The smallest absolute Gasteiger partial charge is 0.404 e. The van der Waals surface area contributed by atoms with Crippen LogP contribution in [0.5, 0.6) is 0 Å². The van der Waals surface area contributed by atoms with Crippen LogP contribution < -0.4 is 5.73 Å². The Kier molecular flexibility index (Phi) is 8.08. The molecular formula is C22H23Cl2N3O2S. The zero-order valence-corrected chi connectivity index (χ0v) is 18.9. The zero-order valence-electron chi connectivity index (χ0n) is 16.6. The molecule has 0 aliphatic rings. The van der Waals surface area contributed by atoms with Gasteiger partial charge >= 0.3 is 6.09 Å². The molecule has 30 heavy (non-hydrogen) atoms. The summed E-state index contributed by atoms with van der Waals surface area (Å²) >= 11 is 14.0. The third-order valence-corrected chi connectivity index (χ3v) is 6.10. The van der Waals surface area contributed by atoms with Crippen molar-refractivity contribution in [2.75, 3.05) is 0 Å². The van der Waals surface area contributed by atoms with Crippen LogP contribution in [-0.2, 0) is 24.3 Å². The van der Waals surface area contributed by atoms with Gasteiger partial charge in [0.05, 0.1) is 5.03 Å². The van der Waals surface area contributed by atoms with Crippen LogP contribution in [0, 0.1) is 0 Å². The van der Waals surface area contributed by atoms with Gasteiger partial charge in [-0.3, -0.25) is 4.98 Å². The van der Waals surface area contributed by atoms with Gasteiger partial charge in [0.1, 0.15) is 6.61 Å². The van der Waals surface area contributed by atoms with Crippen molar-refractivity contribution < 1.29 is 9.53 Å². The van der Waals surface area contributed by atoms with Crippen LogP contribution in [0.25, 0.3) is 0 Å². The monoisotopic (exact) mass is 463 g/mol. The average Bonchev–Trinajstić information content (AvgIpc) is 3.01. The number of nitrogens with two attached hydrogens (primary N) is 1. The van der Waals surface area contributed by atoms with Crippen molar-refractivity contribution in [3.63, 3.8) is 0 Å². The maximum absolute atomic E-state index is 11.2. The summed E-state index contributed by atoms with van der Waals surface area (Å²) in [4.78, 5) is 16.2. The Balaban J connectivity index is 2.04. The van der Waals surface area contributed by atoms with Crippen LogP contribution >= 0.6 is 35.0 Å². The van der Waals surface area contributed by atoms with Crippen LogP contribution in [0.1, 0.15) is 36.5 Å². The molecule has 0 unspecified atom stereocenters. The number of benzene rings is 1. The van der Waals surface area contributed by atoms with E-state index in [-0.39, 0.29) is 6.61 Å². The number of primary amides is 1. The van der Waals surface area contributed by atoms with Gasteiger partial charge in [-0.05, 0) is 54.3 Å². The van der Waals surface area contributed by atoms with E-state index in [4.69, 9.17) is 33.7 Å². The highest BCUT2D eigenvalue weighted by Crippen LogP contribution is 2.37. The van der Waals surface area contributed by atoms with Crippen LogP contribution in [0.3, 0.4) is 0 Å². The Morgan fingerprint density at radius 2 is 1.90 bits per heavy atom. The molecule has 0 aliphatic heterocycles. The maximum atomic E-state index is 11.2. The fourth-order valence-corrected chi connectivity index (χ4v) is 4.99. The number of amides is 1. The summed E-state index contributed by atoms with van der Waals surface area (Å²) in [5, 5.41) is 2.25. The minimum absolute atomic E-state index is 0.140. The first-order chi connectivity index (χ1) is 14.5. The SMILES string of the molecule is CCCCc1c(COC(N)=O)cn(Cc2ccncc2)c1Sc1cc(Cl)cc(Cl)c1. The van der Waals surface area contributed by atoms with Gasteiger partial charge in [-0.1, -0.05) is 48.3 Å². The number of carbonyl (C=O) groups is 1. The molecule has 0 atom stereocenters. The number of halogens is 2. The van der Waals surface area contributed by atoms with Crippen molar-refractivity contribution in [1.29, 1.82) is 0 Å². The highest BCUT2D eigenvalue weighted by Gasteiger charge is 2.18. The number of aromatic nitrogens is 2. The molecule has 0 fully saturated rings. The molecule has 158 valence electrons. The highest BCUT2D eigenvalue weighted by atomic mass is 35.5. The van der Waals surface area contributed by atoms with E-state index < -0.39 is 6.09 Å². The molecule has 5 nitrogen and oxygen atoms in total. The number of hydrogen-bond donors (Lipinski definition) is 1. The largest absolute Gasteiger partial charge is 0.445 e. The van der Waals surface area contributed by atoms with Gasteiger partial charge in [-0.15, -0.1) is 0 Å². The lowest BCUT2D eigenvalue weighted by Gasteiger charge is -2.12. The van der Waals surface area contributed by atoms with Crippen LogP contribution in [0.2, 0.25) is 10.0 Å². The van der Waals surface area contributed by atoms with E-state index in [1.807, 2.05) is 30.5 Å². The highest BCUT2D eigenvalue weighted by molar-refractivity contribution is 7.99. The molecule has 0 saturated heterocycles. The maximum Gasteiger partial charge on any atom is 0.404 e. The third kappa shape index (κ3) is 6.17. The van der Waals surface area contributed by atoms with Gasteiger partial charge in [0.15, 0.2) is 0 Å². The van der Waals surface area contributed by atoms with Crippen molar-refractivity contribution in [1.82, 2.24) is 9.55 Å². The van der Waals surface area contributed by atoms with Crippen molar-refractivity contribution >= 4 is 41.1 Å². The number of pyridine rings is 1. The molecule has 0 radical (unpaired) electrons. The van der Waals surface area contributed by atoms with Gasteiger partial charge in [0.25, 0.3) is 0 Å². The number of rotatable bonds is 9. The molecule has 0 saturated carbocycles. The molecule has 0 bridgehead atoms. The molecule has 0 spiro atoms. The lowest BCUT2D eigenvalue weighted by Crippen LogP contribution is -2.13. The van der Waals surface area contributed by atoms with Gasteiger partial charge in [0, 0.05) is 45.6 Å². The standard InChI is InChI=1S/C22H23Cl2N3O2S/c1-2-3-4-20-16(14-29-22(25)28)13-27(12-15-5-7-26-8-6-15)21(20)30-19-10-17(23)9-18(24)11-19/h5-11,13H,2-4,12,14H2,1H3,(H2,25,28). The normalized spacial score (nSPS) is 10.9. The predicted molar refractivity (Wildman–Crippen MR) is 121 cm³/mol. The van der Waals surface area contributed by atoms with Gasteiger partial charge in [-0.2, -0.15) is 0 Å². The Morgan fingerprint density at radius 3 is 2.53 bits per heavy atom. The van der Waals surface area contributed by atoms with Gasteiger partial charge < -0.3 is 15.0 Å². The number of unbranched alkanes of at least 4 members (excludes halogenated alkanes) is 1. The number of carbonyl (C=O) groups excluding carboxylic acids is 1. The zero-order chi connectivity index (χ0) is 21.5. The molecule has 2 N–H and O–H groups in total. The Hall–Kier alpha value is -2.15.